The zero-order valence-corrected chi connectivity index (χ0v) is 12.2. The van der Waals surface area contributed by atoms with Gasteiger partial charge >= 0.3 is 0 Å². The first-order valence-electron chi connectivity index (χ1n) is 7.45. The maximum Gasteiger partial charge on any atom is 0.0690 e. The second kappa shape index (κ2) is 5.86. The van der Waals surface area contributed by atoms with Gasteiger partial charge in [0.15, 0.2) is 0 Å². The number of benzene rings is 1. The lowest BCUT2D eigenvalue weighted by atomic mass is 9.84. The van der Waals surface area contributed by atoms with Crippen LogP contribution in [0.1, 0.15) is 44.1 Å². The van der Waals surface area contributed by atoms with Gasteiger partial charge in [0.25, 0.3) is 0 Å². The second-order valence-corrected chi connectivity index (χ2v) is 6.95. The third-order valence-corrected chi connectivity index (χ3v) is 5.62. The van der Waals surface area contributed by atoms with Crippen molar-refractivity contribution in [3.05, 3.63) is 29.8 Å². The molecule has 0 saturated heterocycles. The molecular weight excluding hydrogens is 254 g/mol. The Bertz CT molecular complexity index is 431. The molecule has 19 heavy (non-hydrogen) atoms. The van der Waals surface area contributed by atoms with Gasteiger partial charge in [0.05, 0.1) is 12.1 Å². The summed E-state index contributed by atoms with van der Waals surface area (Å²) in [7, 11) is 0. The van der Waals surface area contributed by atoms with Gasteiger partial charge in [0, 0.05) is 16.7 Å². The fourth-order valence-corrected chi connectivity index (χ4v) is 4.72. The van der Waals surface area contributed by atoms with E-state index >= 15 is 0 Å². The summed E-state index contributed by atoms with van der Waals surface area (Å²) in [6.07, 6.45) is 7.58. The Labute approximate surface area is 120 Å². The maximum atomic E-state index is 10.0. The molecule has 0 amide bonds. The van der Waals surface area contributed by atoms with E-state index in [1.54, 1.807) is 0 Å². The minimum Gasteiger partial charge on any atom is -0.394 e. The van der Waals surface area contributed by atoms with E-state index < -0.39 is 0 Å². The molecule has 1 aliphatic heterocycles. The largest absolute Gasteiger partial charge is 0.394 e. The van der Waals surface area contributed by atoms with Gasteiger partial charge in [-0.25, -0.2) is 0 Å². The Hall–Kier alpha value is -0.510. The van der Waals surface area contributed by atoms with E-state index in [-0.39, 0.29) is 12.1 Å². The first kappa shape index (κ1) is 13.5. The summed E-state index contributed by atoms with van der Waals surface area (Å²) in [4.78, 5) is 1.34. The molecule has 3 rings (SSSR count). The Balaban J connectivity index is 1.86. The van der Waals surface area contributed by atoms with Gasteiger partial charge in [-0.1, -0.05) is 37.5 Å². The van der Waals surface area contributed by atoms with Crippen LogP contribution in [0.4, 0.5) is 0 Å². The van der Waals surface area contributed by atoms with Crippen molar-refractivity contribution in [2.24, 2.45) is 0 Å². The third kappa shape index (κ3) is 2.69. The first-order chi connectivity index (χ1) is 9.34. The zero-order chi connectivity index (χ0) is 13.1. The standard InChI is InChI=1S/C16H23NOS/c18-12-16(17-13-6-2-1-3-7-13)10-11-19-15-9-5-4-8-14(15)16/h4-5,8-9,13,17-18H,1-3,6-7,10-12H2. The van der Waals surface area contributed by atoms with E-state index in [9.17, 15) is 5.11 Å². The van der Waals surface area contributed by atoms with Crippen molar-refractivity contribution in [2.45, 2.75) is 55.0 Å². The number of aliphatic hydroxyl groups excluding tert-OH is 1. The number of hydrogen-bond donors (Lipinski definition) is 2. The quantitative estimate of drug-likeness (QED) is 0.889. The highest BCUT2D eigenvalue weighted by atomic mass is 32.2. The molecule has 0 aromatic heterocycles. The molecule has 2 N–H and O–H groups in total. The number of thioether (sulfide) groups is 1. The topological polar surface area (TPSA) is 32.3 Å². The Kier molecular flexibility index (Phi) is 4.15. The zero-order valence-electron chi connectivity index (χ0n) is 11.4. The van der Waals surface area contributed by atoms with Gasteiger partial charge in [0.2, 0.25) is 0 Å². The minimum atomic E-state index is -0.205. The number of hydrogen-bond acceptors (Lipinski definition) is 3. The molecule has 1 fully saturated rings. The van der Waals surface area contributed by atoms with E-state index in [0.29, 0.717) is 6.04 Å². The molecule has 1 aliphatic carbocycles. The van der Waals surface area contributed by atoms with Crippen LogP contribution in [0.2, 0.25) is 0 Å². The third-order valence-electron chi connectivity index (χ3n) is 4.54. The SMILES string of the molecule is OCC1(NC2CCCCC2)CCSc2ccccc21. The van der Waals surface area contributed by atoms with E-state index in [1.165, 1.54) is 42.6 Å². The van der Waals surface area contributed by atoms with Crippen molar-refractivity contribution >= 4 is 11.8 Å². The lowest BCUT2D eigenvalue weighted by molar-refractivity contribution is 0.129. The van der Waals surface area contributed by atoms with Crippen LogP contribution >= 0.6 is 11.8 Å². The fraction of sp³-hybridized carbons (Fsp3) is 0.625. The van der Waals surface area contributed by atoms with Crippen LogP contribution in [0.25, 0.3) is 0 Å². The number of fused-ring (bicyclic) bond motifs is 1. The average Bonchev–Trinajstić information content (AvgIpc) is 2.49. The lowest BCUT2D eigenvalue weighted by Gasteiger charge is -2.42. The van der Waals surface area contributed by atoms with Gasteiger partial charge in [-0.05, 0) is 30.9 Å². The fourth-order valence-electron chi connectivity index (χ4n) is 3.46. The smallest absolute Gasteiger partial charge is 0.0690 e. The molecule has 1 atom stereocenters. The molecule has 104 valence electrons. The van der Waals surface area contributed by atoms with Crippen LogP contribution in [-0.4, -0.2) is 23.5 Å². The number of rotatable bonds is 3. The summed E-state index contributed by atoms with van der Waals surface area (Å²) in [5.41, 5.74) is 1.10. The molecule has 3 heteroatoms. The predicted octanol–water partition coefficient (Wildman–Crippen LogP) is 3.29. The van der Waals surface area contributed by atoms with Crippen LogP contribution in [0, 0.1) is 0 Å². The summed E-state index contributed by atoms with van der Waals surface area (Å²) < 4.78 is 0. The minimum absolute atomic E-state index is 0.205. The van der Waals surface area contributed by atoms with Crippen molar-refractivity contribution in [2.75, 3.05) is 12.4 Å². The molecule has 1 heterocycles. The summed E-state index contributed by atoms with van der Waals surface area (Å²) in [5, 5.41) is 13.9. The monoisotopic (exact) mass is 277 g/mol. The van der Waals surface area contributed by atoms with Crippen molar-refractivity contribution in [3.63, 3.8) is 0 Å². The Morgan fingerprint density at radius 1 is 1.21 bits per heavy atom. The second-order valence-electron chi connectivity index (χ2n) is 5.81. The van der Waals surface area contributed by atoms with Gasteiger partial charge in [-0.3, -0.25) is 0 Å². The van der Waals surface area contributed by atoms with Gasteiger partial charge in [-0.15, -0.1) is 11.8 Å². The summed E-state index contributed by atoms with van der Waals surface area (Å²) in [6, 6.07) is 9.15. The van der Waals surface area contributed by atoms with Crippen molar-refractivity contribution in [1.82, 2.24) is 5.32 Å². The maximum absolute atomic E-state index is 10.0. The normalized spacial score (nSPS) is 28.1. The highest BCUT2D eigenvalue weighted by molar-refractivity contribution is 7.99. The molecule has 1 unspecified atom stereocenters. The molecule has 0 spiro atoms. The lowest BCUT2D eigenvalue weighted by Crippen LogP contribution is -2.52. The van der Waals surface area contributed by atoms with Crippen molar-refractivity contribution in [1.29, 1.82) is 0 Å². The molecule has 2 nitrogen and oxygen atoms in total. The van der Waals surface area contributed by atoms with Crippen molar-refractivity contribution < 1.29 is 5.11 Å². The molecule has 0 bridgehead atoms. The molecule has 2 aliphatic rings. The van der Waals surface area contributed by atoms with E-state index in [1.807, 2.05) is 11.8 Å². The van der Waals surface area contributed by atoms with E-state index in [4.69, 9.17) is 0 Å². The van der Waals surface area contributed by atoms with Crippen LogP contribution in [0.15, 0.2) is 29.2 Å². The molecule has 0 radical (unpaired) electrons. The summed E-state index contributed by atoms with van der Waals surface area (Å²) >= 11 is 1.92. The molecule has 1 aromatic rings. The summed E-state index contributed by atoms with van der Waals surface area (Å²) in [6.45, 7) is 0.209. The number of aliphatic hydroxyl groups is 1. The van der Waals surface area contributed by atoms with Crippen LogP contribution in [-0.2, 0) is 5.54 Å². The van der Waals surface area contributed by atoms with Gasteiger partial charge in [0.1, 0.15) is 0 Å². The Morgan fingerprint density at radius 3 is 2.79 bits per heavy atom. The first-order valence-corrected chi connectivity index (χ1v) is 8.43. The van der Waals surface area contributed by atoms with Crippen LogP contribution < -0.4 is 5.32 Å². The highest BCUT2D eigenvalue weighted by Crippen LogP contribution is 2.40. The predicted molar refractivity (Wildman–Crippen MR) is 80.6 cm³/mol. The molecule has 1 aromatic carbocycles. The van der Waals surface area contributed by atoms with Gasteiger partial charge < -0.3 is 10.4 Å². The molecular formula is C16H23NOS. The van der Waals surface area contributed by atoms with Crippen molar-refractivity contribution in [3.8, 4) is 0 Å². The van der Waals surface area contributed by atoms with E-state index in [0.717, 1.165) is 12.2 Å². The van der Waals surface area contributed by atoms with E-state index in [2.05, 4.69) is 29.6 Å². The van der Waals surface area contributed by atoms with Gasteiger partial charge in [-0.2, -0.15) is 0 Å². The number of nitrogens with one attached hydrogen (secondary N) is 1. The highest BCUT2D eigenvalue weighted by Gasteiger charge is 2.37. The van der Waals surface area contributed by atoms with Crippen LogP contribution in [0.3, 0.4) is 0 Å². The molecule has 1 saturated carbocycles. The average molecular weight is 277 g/mol. The Morgan fingerprint density at radius 2 is 2.00 bits per heavy atom. The van der Waals surface area contributed by atoms with Crippen LogP contribution in [0.5, 0.6) is 0 Å². The summed E-state index contributed by atoms with van der Waals surface area (Å²) in [5.74, 6) is 1.09.